The van der Waals surface area contributed by atoms with E-state index in [2.05, 4.69) is 25.9 Å². The number of nitrogens with one attached hydrogen (secondary N) is 3. The normalized spacial score (nSPS) is 15.7. The molecule has 2 aliphatic rings. The number of halogens is 3. The van der Waals surface area contributed by atoms with Crippen molar-refractivity contribution in [1.82, 2.24) is 35.4 Å². The van der Waals surface area contributed by atoms with E-state index in [1.807, 2.05) is 13.8 Å². The number of sulfone groups is 1. The highest BCUT2D eigenvalue weighted by Crippen LogP contribution is 2.45. The zero-order chi connectivity index (χ0) is 53.3. The average Bonchev–Trinajstić information content (AvgIpc) is 4.11. The van der Waals surface area contributed by atoms with Gasteiger partial charge in [0.05, 0.1) is 36.9 Å². The predicted molar refractivity (Wildman–Crippen MR) is 270 cm³/mol. The molecule has 3 aromatic carbocycles. The Balaban J connectivity index is 0.815. The van der Waals surface area contributed by atoms with E-state index in [4.69, 9.17) is 14.1 Å². The molecule has 9 rings (SSSR count). The van der Waals surface area contributed by atoms with Crippen molar-refractivity contribution in [2.45, 2.75) is 69.9 Å². The first-order valence-corrected chi connectivity index (χ1v) is 26.2. The number of carbonyl (C=O) groups excluding carboxylic acids is 3. The second-order valence-corrected chi connectivity index (χ2v) is 21.2. The smallest absolute Gasteiger partial charge is 0.275 e. The molecular weight excluding hydrogens is 998 g/mol. The molecule has 0 aliphatic carbocycles. The van der Waals surface area contributed by atoms with Gasteiger partial charge >= 0.3 is 0 Å². The Bertz CT molecular complexity index is 3490. The Morgan fingerprint density at radius 1 is 0.973 bits per heavy atom. The topological polar surface area (TPSA) is 231 Å². The number of fused-ring (bicyclic) bond motifs is 2. The van der Waals surface area contributed by atoms with E-state index in [0.29, 0.717) is 58.5 Å². The number of hydrogen-bond acceptors (Lipinski definition) is 13. The van der Waals surface area contributed by atoms with E-state index in [1.165, 1.54) is 32.6 Å². The number of nitrogens with zero attached hydrogens (tertiary/aromatic N) is 5. The SMILES string of the molecule is CC(C)C(C(=O)N1CC(O)CC1C(=O)NOc1ccc(-c2ccccc2F)cc1)c1cc(OCCCCCNC(=O)c2cc3c(cc2CS(C)(=O)=O)-c2cn(C)c(=O)c4[nH]cc(c24)CN3c2ncc(F)cc2F)no1. The lowest BCUT2D eigenvalue weighted by Gasteiger charge is -2.28. The number of H-pyrrole nitrogens is 1. The molecule has 3 unspecified atom stereocenters. The van der Waals surface area contributed by atoms with E-state index in [0.717, 1.165) is 12.5 Å². The number of hydrogen-bond donors (Lipinski definition) is 4. The van der Waals surface area contributed by atoms with E-state index < -0.39 is 63.0 Å². The first kappa shape index (κ1) is 51.9. The third-order valence-electron chi connectivity index (χ3n) is 13.2. The third kappa shape index (κ3) is 11.1. The number of aliphatic hydroxyl groups excluding tert-OH is 1. The number of pyridine rings is 2. The minimum absolute atomic E-state index is 0.0134. The molecule has 18 nitrogen and oxygen atoms in total. The number of amides is 3. The van der Waals surface area contributed by atoms with Crippen LogP contribution in [0.3, 0.4) is 0 Å². The third-order valence-corrected chi connectivity index (χ3v) is 14.0. The molecule has 3 amide bonds. The van der Waals surface area contributed by atoms with Gasteiger partial charge in [0.25, 0.3) is 23.3 Å². The van der Waals surface area contributed by atoms with Crippen LogP contribution in [-0.2, 0) is 38.8 Å². The lowest BCUT2D eigenvalue weighted by molar-refractivity contribution is -0.143. The van der Waals surface area contributed by atoms with Crippen LogP contribution in [0.2, 0.25) is 0 Å². The van der Waals surface area contributed by atoms with Gasteiger partial charge in [-0.15, -0.1) is 0 Å². The largest absolute Gasteiger partial charge is 0.476 e. The van der Waals surface area contributed by atoms with Crippen molar-refractivity contribution < 1.29 is 55.2 Å². The van der Waals surface area contributed by atoms with E-state index in [1.54, 1.807) is 68.0 Å². The minimum atomic E-state index is -3.71. The molecule has 392 valence electrons. The van der Waals surface area contributed by atoms with Crippen molar-refractivity contribution in [2.75, 3.05) is 30.9 Å². The van der Waals surface area contributed by atoms with Crippen LogP contribution >= 0.6 is 0 Å². The van der Waals surface area contributed by atoms with Crippen LogP contribution in [-0.4, -0.2) is 93.9 Å². The fourth-order valence-corrected chi connectivity index (χ4v) is 10.5. The zero-order valence-corrected chi connectivity index (χ0v) is 42.0. The number of aromatic nitrogens is 4. The molecule has 75 heavy (non-hydrogen) atoms. The van der Waals surface area contributed by atoms with E-state index in [9.17, 15) is 41.5 Å². The van der Waals surface area contributed by atoms with Gasteiger partial charge in [0, 0.05) is 85.0 Å². The summed E-state index contributed by atoms with van der Waals surface area (Å²) in [7, 11) is -2.15. The zero-order valence-electron chi connectivity index (χ0n) is 41.2. The molecule has 6 heterocycles. The number of β-amino-alcohol motifs (C(OH)–C–C–N with tert-alkyl or cyclic N) is 1. The highest BCUT2D eigenvalue weighted by atomic mass is 32.2. The van der Waals surface area contributed by atoms with Crippen LogP contribution in [0.25, 0.3) is 33.2 Å². The molecule has 0 radical (unpaired) electrons. The number of anilines is 2. The molecule has 4 aromatic heterocycles. The molecule has 3 atom stereocenters. The number of hydroxylamine groups is 1. The molecule has 4 N–H and O–H groups in total. The summed E-state index contributed by atoms with van der Waals surface area (Å²) in [6.07, 6.45) is 5.69. The summed E-state index contributed by atoms with van der Waals surface area (Å²) in [6, 6.07) is 16.9. The Morgan fingerprint density at radius 2 is 1.75 bits per heavy atom. The van der Waals surface area contributed by atoms with Gasteiger partial charge in [0.15, 0.2) is 33.0 Å². The van der Waals surface area contributed by atoms with Gasteiger partial charge in [-0.2, -0.15) is 5.48 Å². The molecule has 1 saturated heterocycles. The first-order valence-electron chi connectivity index (χ1n) is 24.2. The van der Waals surface area contributed by atoms with Gasteiger partial charge in [-0.3, -0.25) is 19.2 Å². The molecule has 22 heteroatoms. The second kappa shape index (κ2) is 21.5. The molecule has 0 spiro atoms. The maximum Gasteiger partial charge on any atom is 0.275 e. The number of aliphatic hydroxyl groups is 1. The number of rotatable bonds is 18. The minimum Gasteiger partial charge on any atom is -0.476 e. The molecule has 2 aliphatic heterocycles. The van der Waals surface area contributed by atoms with Crippen LogP contribution in [0.5, 0.6) is 11.6 Å². The van der Waals surface area contributed by atoms with Crippen molar-refractivity contribution in [3.63, 3.8) is 0 Å². The maximum atomic E-state index is 15.6. The highest BCUT2D eigenvalue weighted by molar-refractivity contribution is 7.89. The molecule has 1 fully saturated rings. The molecular formula is C53H53F3N8O10S. The van der Waals surface area contributed by atoms with E-state index >= 15 is 4.39 Å². The number of carbonyl (C=O) groups is 3. The monoisotopic (exact) mass is 1050 g/mol. The summed E-state index contributed by atoms with van der Waals surface area (Å²) in [5, 5.41) is 18.0. The first-order chi connectivity index (χ1) is 35.8. The van der Waals surface area contributed by atoms with Crippen LogP contribution in [0.15, 0.2) is 101 Å². The van der Waals surface area contributed by atoms with Gasteiger partial charge < -0.3 is 43.9 Å². The van der Waals surface area contributed by atoms with E-state index in [-0.39, 0.29) is 95.5 Å². The Kier molecular flexibility index (Phi) is 14.9. The summed E-state index contributed by atoms with van der Waals surface area (Å²) in [5.74, 6) is -5.34. The number of aryl methyl sites for hydroxylation is 1. The quantitative estimate of drug-likeness (QED) is 0.0502. The summed E-state index contributed by atoms with van der Waals surface area (Å²) >= 11 is 0. The predicted octanol–water partition coefficient (Wildman–Crippen LogP) is 6.99. The van der Waals surface area contributed by atoms with Gasteiger partial charge in [0.2, 0.25) is 5.91 Å². The van der Waals surface area contributed by atoms with Gasteiger partial charge in [-0.1, -0.05) is 44.2 Å². The van der Waals surface area contributed by atoms with Crippen LogP contribution in [0, 0.1) is 23.4 Å². The number of benzene rings is 3. The van der Waals surface area contributed by atoms with Crippen LogP contribution in [0.1, 0.15) is 72.7 Å². The van der Waals surface area contributed by atoms with Gasteiger partial charge in [-0.05, 0) is 77.4 Å². The molecule has 0 bridgehead atoms. The Morgan fingerprint density at radius 3 is 2.48 bits per heavy atom. The Labute approximate surface area is 428 Å². The van der Waals surface area contributed by atoms with Crippen molar-refractivity contribution >= 4 is 50.0 Å². The van der Waals surface area contributed by atoms with Crippen molar-refractivity contribution in [3.8, 4) is 33.9 Å². The van der Waals surface area contributed by atoms with Gasteiger partial charge in [0.1, 0.15) is 29.1 Å². The Hall–Kier alpha value is -7.98. The fraction of sp³-hybridized carbons (Fsp3) is 0.321. The lowest BCUT2D eigenvalue weighted by Crippen LogP contribution is -2.48. The number of likely N-dealkylation sites (tertiary alicyclic amines) is 1. The van der Waals surface area contributed by atoms with Crippen molar-refractivity contribution in [1.29, 1.82) is 0 Å². The summed E-state index contributed by atoms with van der Waals surface area (Å²) in [4.78, 5) is 70.0. The lowest BCUT2D eigenvalue weighted by atomic mass is 9.91. The van der Waals surface area contributed by atoms with Crippen LogP contribution < -0.4 is 30.8 Å². The van der Waals surface area contributed by atoms with Gasteiger partial charge in [-0.25, -0.2) is 26.6 Å². The number of aromatic amines is 1. The number of ether oxygens (including phenoxy) is 1. The standard InChI is InChI=1S/C53H53F3N8O10S/c1-29(2)46(52(68)64-26-34(65)20-43(64)51(67)61-73-35-14-12-30(13-15-35)36-10-6-7-11-40(36)55)44-22-45(60-74-44)72-17-9-5-8-16-57-50(66)37-21-42-38(18-31(37)28-75(4,70)71)39-27-62(3)53(69)48-47(39)32(23-58-48)25-63(42)49-41(56)19-33(54)24-59-49/h6-7,10-15,18-19,21-24,27,29,34,43,46,58,65H,5,8-9,16-17,20,25-26,28H2,1-4H3,(H,57,66)(H,61,67). The maximum absolute atomic E-state index is 15.6. The summed E-state index contributed by atoms with van der Waals surface area (Å²) in [5.41, 5.74) is 5.31. The highest BCUT2D eigenvalue weighted by Gasteiger charge is 2.44. The summed E-state index contributed by atoms with van der Waals surface area (Å²) < 4.78 is 82.4. The molecule has 7 aromatic rings. The average molecular weight is 1050 g/mol. The molecule has 0 saturated carbocycles. The van der Waals surface area contributed by atoms with Crippen molar-refractivity contribution in [3.05, 3.63) is 142 Å². The second-order valence-electron chi connectivity index (χ2n) is 19.1. The van der Waals surface area contributed by atoms with Crippen LogP contribution in [0.4, 0.5) is 24.7 Å². The number of unbranched alkanes of at least 4 members (excludes halogenated alkanes) is 2. The van der Waals surface area contributed by atoms with Crippen molar-refractivity contribution in [2.24, 2.45) is 13.0 Å². The fourth-order valence-electron chi connectivity index (χ4n) is 9.66. The summed E-state index contributed by atoms with van der Waals surface area (Å²) in [6.45, 7) is 3.86.